The maximum Gasteiger partial charge on any atom is 0.207 e. The number of aryl methyl sites for hydroxylation is 1. The van der Waals surface area contributed by atoms with E-state index in [1.807, 2.05) is 0 Å². The lowest BCUT2D eigenvalue weighted by atomic mass is 9.86. The first-order valence-electron chi connectivity index (χ1n) is 7.37. The van der Waals surface area contributed by atoms with Gasteiger partial charge in [-0.25, -0.2) is 4.98 Å². The Hall–Kier alpha value is -1.77. The number of anilines is 2. The summed E-state index contributed by atoms with van der Waals surface area (Å²) in [5.41, 5.74) is 3.68. The van der Waals surface area contributed by atoms with Gasteiger partial charge in [0.15, 0.2) is 0 Å². The maximum absolute atomic E-state index is 4.64. The van der Waals surface area contributed by atoms with Crippen molar-refractivity contribution < 1.29 is 0 Å². The van der Waals surface area contributed by atoms with Crippen molar-refractivity contribution in [1.29, 1.82) is 0 Å². The van der Waals surface area contributed by atoms with Gasteiger partial charge in [0.2, 0.25) is 5.95 Å². The standard InChI is InChI=1S/C17H23N3/c1-12-11-20(13-9-10-13)16(18-12)19-15-8-6-5-7-14(15)17(2,3)4/h5-8,11,13H,9-10H2,1-4H3,(H,18,19). The molecule has 1 saturated carbocycles. The number of benzene rings is 1. The molecule has 0 radical (unpaired) electrons. The zero-order valence-electron chi connectivity index (χ0n) is 12.8. The van der Waals surface area contributed by atoms with E-state index in [0.29, 0.717) is 6.04 Å². The van der Waals surface area contributed by atoms with E-state index >= 15 is 0 Å². The summed E-state index contributed by atoms with van der Waals surface area (Å²) in [6.07, 6.45) is 4.69. The Labute approximate surface area is 121 Å². The van der Waals surface area contributed by atoms with E-state index in [9.17, 15) is 0 Å². The average Bonchev–Trinajstić information content (AvgIpc) is 3.14. The number of rotatable bonds is 3. The zero-order valence-corrected chi connectivity index (χ0v) is 12.8. The van der Waals surface area contributed by atoms with Crippen molar-refractivity contribution in [2.45, 2.75) is 52.0 Å². The lowest BCUT2D eigenvalue weighted by Gasteiger charge is -2.23. The molecule has 2 aromatic rings. The molecule has 0 aliphatic heterocycles. The van der Waals surface area contributed by atoms with Gasteiger partial charge in [0.1, 0.15) is 0 Å². The van der Waals surface area contributed by atoms with Gasteiger partial charge in [-0.05, 0) is 36.8 Å². The predicted molar refractivity (Wildman–Crippen MR) is 83.7 cm³/mol. The summed E-state index contributed by atoms with van der Waals surface area (Å²) in [6, 6.07) is 9.15. The molecule has 0 spiro atoms. The van der Waals surface area contributed by atoms with E-state index in [1.165, 1.54) is 18.4 Å². The van der Waals surface area contributed by atoms with Gasteiger partial charge in [-0.15, -0.1) is 0 Å². The first kappa shape index (κ1) is 13.2. The average molecular weight is 269 g/mol. The van der Waals surface area contributed by atoms with Gasteiger partial charge in [0.05, 0.1) is 5.69 Å². The number of para-hydroxylation sites is 1. The minimum atomic E-state index is 0.121. The summed E-state index contributed by atoms with van der Waals surface area (Å²) in [5, 5.41) is 3.54. The molecule has 20 heavy (non-hydrogen) atoms. The molecule has 1 aliphatic rings. The van der Waals surface area contributed by atoms with Crippen molar-refractivity contribution in [1.82, 2.24) is 9.55 Å². The van der Waals surface area contributed by atoms with Crippen LogP contribution < -0.4 is 5.32 Å². The molecule has 1 aromatic heterocycles. The van der Waals surface area contributed by atoms with Gasteiger partial charge in [0.25, 0.3) is 0 Å². The second-order valence-electron chi connectivity index (χ2n) is 6.76. The molecule has 0 atom stereocenters. The first-order chi connectivity index (χ1) is 9.45. The normalized spacial score (nSPS) is 15.4. The highest BCUT2D eigenvalue weighted by atomic mass is 15.2. The molecular formula is C17H23N3. The van der Waals surface area contributed by atoms with Crippen molar-refractivity contribution >= 4 is 11.6 Å². The highest BCUT2D eigenvalue weighted by molar-refractivity contribution is 5.61. The van der Waals surface area contributed by atoms with Gasteiger partial charge < -0.3 is 9.88 Å². The van der Waals surface area contributed by atoms with Crippen LogP contribution >= 0.6 is 0 Å². The summed E-state index contributed by atoms with van der Waals surface area (Å²) in [7, 11) is 0. The molecule has 1 aromatic carbocycles. The predicted octanol–water partition coefficient (Wildman–Crippen LogP) is 4.57. The van der Waals surface area contributed by atoms with Gasteiger partial charge in [-0.3, -0.25) is 0 Å². The summed E-state index contributed by atoms with van der Waals surface area (Å²) in [5.74, 6) is 0.974. The fourth-order valence-corrected chi connectivity index (χ4v) is 2.61. The van der Waals surface area contributed by atoms with Gasteiger partial charge in [-0.1, -0.05) is 39.0 Å². The third-order valence-corrected chi connectivity index (χ3v) is 3.77. The van der Waals surface area contributed by atoms with E-state index in [2.05, 4.69) is 73.0 Å². The Bertz CT molecular complexity index is 615. The smallest absolute Gasteiger partial charge is 0.207 e. The maximum atomic E-state index is 4.64. The third kappa shape index (κ3) is 2.58. The van der Waals surface area contributed by atoms with E-state index in [0.717, 1.165) is 17.3 Å². The van der Waals surface area contributed by atoms with Gasteiger partial charge in [-0.2, -0.15) is 0 Å². The Kier molecular flexibility index (Phi) is 3.08. The molecule has 1 fully saturated rings. The number of imidazole rings is 1. The van der Waals surface area contributed by atoms with Crippen molar-refractivity contribution in [2.75, 3.05) is 5.32 Å². The monoisotopic (exact) mass is 269 g/mol. The van der Waals surface area contributed by atoms with Crippen molar-refractivity contribution in [3.63, 3.8) is 0 Å². The SMILES string of the molecule is Cc1cn(C2CC2)c(Nc2ccccc2C(C)(C)C)n1. The largest absolute Gasteiger partial charge is 0.325 e. The summed E-state index contributed by atoms with van der Waals surface area (Å²) in [6.45, 7) is 8.78. The molecule has 106 valence electrons. The van der Waals surface area contributed by atoms with E-state index in [1.54, 1.807) is 0 Å². The number of hydrogen-bond donors (Lipinski definition) is 1. The molecule has 3 rings (SSSR count). The van der Waals surface area contributed by atoms with Crippen LogP contribution in [-0.2, 0) is 5.41 Å². The molecule has 0 amide bonds. The molecule has 3 nitrogen and oxygen atoms in total. The fraction of sp³-hybridized carbons (Fsp3) is 0.471. The number of nitrogens with zero attached hydrogens (tertiary/aromatic N) is 2. The number of aromatic nitrogens is 2. The van der Waals surface area contributed by atoms with Crippen LogP contribution in [0.4, 0.5) is 11.6 Å². The second kappa shape index (κ2) is 4.65. The topological polar surface area (TPSA) is 29.9 Å². The van der Waals surface area contributed by atoms with Gasteiger partial charge in [0, 0.05) is 17.9 Å². The minimum absolute atomic E-state index is 0.121. The minimum Gasteiger partial charge on any atom is -0.325 e. The molecule has 3 heteroatoms. The summed E-state index contributed by atoms with van der Waals surface area (Å²) < 4.78 is 2.29. The van der Waals surface area contributed by atoms with Crippen molar-refractivity contribution in [2.24, 2.45) is 0 Å². The Morgan fingerprint density at radius 1 is 1.20 bits per heavy atom. The molecule has 1 N–H and O–H groups in total. The van der Waals surface area contributed by atoms with Crippen LogP contribution in [0, 0.1) is 6.92 Å². The number of hydrogen-bond acceptors (Lipinski definition) is 2. The molecule has 0 saturated heterocycles. The van der Waals surface area contributed by atoms with Crippen LogP contribution in [0.5, 0.6) is 0 Å². The highest BCUT2D eigenvalue weighted by Crippen LogP contribution is 2.38. The molecular weight excluding hydrogens is 246 g/mol. The molecule has 1 heterocycles. The van der Waals surface area contributed by atoms with Crippen LogP contribution in [0.1, 0.15) is 50.9 Å². The van der Waals surface area contributed by atoms with Crippen molar-refractivity contribution in [3.05, 3.63) is 41.7 Å². The van der Waals surface area contributed by atoms with Crippen LogP contribution in [-0.4, -0.2) is 9.55 Å². The van der Waals surface area contributed by atoms with Crippen LogP contribution in [0.3, 0.4) is 0 Å². The Morgan fingerprint density at radius 3 is 2.55 bits per heavy atom. The van der Waals surface area contributed by atoms with Crippen LogP contribution in [0.25, 0.3) is 0 Å². The van der Waals surface area contributed by atoms with E-state index in [4.69, 9.17) is 0 Å². The quantitative estimate of drug-likeness (QED) is 0.884. The Balaban J connectivity index is 1.96. The first-order valence-corrected chi connectivity index (χ1v) is 7.37. The summed E-state index contributed by atoms with van der Waals surface area (Å²) >= 11 is 0. The summed E-state index contributed by atoms with van der Waals surface area (Å²) in [4.78, 5) is 4.64. The third-order valence-electron chi connectivity index (χ3n) is 3.77. The zero-order chi connectivity index (χ0) is 14.3. The Morgan fingerprint density at radius 2 is 1.90 bits per heavy atom. The van der Waals surface area contributed by atoms with Crippen LogP contribution in [0.15, 0.2) is 30.5 Å². The van der Waals surface area contributed by atoms with Gasteiger partial charge >= 0.3 is 0 Å². The molecule has 0 bridgehead atoms. The van der Waals surface area contributed by atoms with E-state index < -0.39 is 0 Å². The fourth-order valence-electron chi connectivity index (χ4n) is 2.61. The highest BCUT2D eigenvalue weighted by Gasteiger charge is 2.27. The van der Waals surface area contributed by atoms with Crippen LogP contribution in [0.2, 0.25) is 0 Å². The number of nitrogens with one attached hydrogen (secondary N) is 1. The molecule has 1 aliphatic carbocycles. The van der Waals surface area contributed by atoms with E-state index in [-0.39, 0.29) is 5.41 Å². The lowest BCUT2D eigenvalue weighted by Crippen LogP contribution is -2.14. The molecule has 0 unspecified atom stereocenters. The lowest BCUT2D eigenvalue weighted by molar-refractivity contribution is 0.592. The second-order valence-corrected chi connectivity index (χ2v) is 6.76. The van der Waals surface area contributed by atoms with Crippen molar-refractivity contribution in [3.8, 4) is 0 Å².